The highest BCUT2D eigenvalue weighted by molar-refractivity contribution is 5.94. The topological polar surface area (TPSA) is 85.0 Å². The maximum Gasteiger partial charge on any atom is 0.315 e. The highest BCUT2D eigenvalue weighted by atomic mass is 16.2. The molecular formula is C21H33N5O3. The summed E-state index contributed by atoms with van der Waals surface area (Å²) in [4.78, 5) is 42.0. The maximum atomic E-state index is 12.8. The van der Waals surface area contributed by atoms with Gasteiger partial charge in [-0.25, -0.2) is 4.79 Å². The van der Waals surface area contributed by atoms with Crippen LogP contribution in [0.2, 0.25) is 0 Å². The molecular weight excluding hydrogens is 370 g/mol. The summed E-state index contributed by atoms with van der Waals surface area (Å²) in [6.07, 6.45) is 0.847. The molecule has 0 aromatic heterocycles. The monoisotopic (exact) mass is 403 g/mol. The van der Waals surface area contributed by atoms with Gasteiger partial charge in [-0.2, -0.15) is 0 Å². The van der Waals surface area contributed by atoms with E-state index in [0.29, 0.717) is 38.3 Å². The lowest BCUT2D eigenvalue weighted by Crippen LogP contribution is -2.39. The molecule has 160 valence electrons. The number of likely N-dealkylation sites (N-methyl/N-ethyl adjacent to an activating group) is 1. The molecule has 0 unspecified atom stereocenters. The van der Waals surface area contributed by atoms with Gasteiger partial charge in [-0.15, -0.1) is 0 Å². The molecule has 1 aromatic rings. The van der Waals surface area contributed by atoms with E-state index >= 15 is 0 Å². The second-order valence-electron chi connectivity index (χ2n) is 7.89. The van der Waals surface area contributed by atoms with Crippen LogP contribution in [0, 0.1) is 0 Å². The summed E-state index contributed by atoms with van der Waals surface area (Å²) in [5.74, 6) is 0.0823. The lowest BCUT2D eigenvalue weighted by Gasteiger charge is -2.23. The smallest absolute Gasteiger partial charge is 0.315 e. The van der Waals surface area contributed by atoms with Crippen molar-refractivity contribution in [1.29, 1.82) is 0 Å². The lowest BCUT2D eigenvalue weighted by atomic mass is 10.1. The summed E-state index contributed by atoms with van der Waals surface area (Å²) in [5.41, 5.74) is 1.57. The largest absolute Gasteiger partial charge is 0.348 e. The van der Waals surface area contributed by atoms with Crippen molar-refractivity contribution in [3.05, 3.63) is 35.4 Å². The summed E-state index contributed by atoms with van der Waals surface area (Å²) in [7, 11) is 3.51. The van der Waals surface area contributed by atoms with Crippen molar-refractivity contribution in [3.8, 4) is 0 Å². The fourth-order valence-electron chi connectivity index (χ4n) is 3.11. The first kappa shape index (κ1) is 22.7. The molecule has 4 amide bonds. The number of nitrogens with zero attached hydrogens (tertiary/aromatic N) is 3. The molecule has 2 N–H and O–H groups in total. The van der Waals surface area contributed by atoms with Gasteiger partial charge in [0.2, 0.25) is 5.91 Å². The van der Waals surface area contributed by atoms with E-state index in [4.69, 9.17) is 0 Å². The van der Waals surface area contributed by atoms with Crippen LogP contribution in [-0.4, -0.2) is 85.4 Å². The Morgan fingerprint density at radius 2 is 1.72 bits per heavy atom. The van der Waals surface area contributed by atoms with Crippen LogP contribution in [0.3, 0.4) is 0 Å². The maximum absolute atomic E-state index is 12.8. The molecule has 0 aliphatic carbocycles. The molecule has 1 fully saturated rings. The molecule has 29 heavy (non-hydrogen) atoms. The third kappa shape index (κ3) is 7.38. The number of hydrogen-bond donors (Lipinski definition) is 2. The number of urea groups is 1. The number of carbonyl (C=O) groups is 3. The summed E-state index contributed by atoms with van der Waals surface area (Å²) in [6.45, 7) is 7.41. The van der Waals surface area contributed by atoms with E-state index in [1.165, 1.54) is 0 Å². The number of hydrogen-bond acceptors (Lipinski definition) is 4. The first-order valence-electron chi connectivity index (χ1n) is 10.1. The van der Waals surface area contributed by atoms with Crippen LogP contribution in [0.1, 0.15) is 36.2 Å². The van der Waals surface area contributed by atoms with E-state index in [0.717, 1.165) is 18.5 Å². The minimum atomic E-state index is -0.206. The van der Waals surface area contributed by atoms with Gasteiger partial charge in [-0.05, 0) is 38.0 Å². The normalized spacial score (nSPS) is 15.0. The molecule has 1 saturated heterocycles. The molecule has 8 nitrogen and oxygen atoms in total. The Balaban J connectivity index is 1.86. The molecule has 2 rings (SSSR count). The Morgan fingerprint density at radius 3 is 2.34 bits per heavy atom. The molecule has 8 heteroatoms. The summed E-state index contributed by atoms with van der Waals surface area (Å²) >= 11 is 0. The summed E-state index contributed by atoms with van der Waals surface area (Å²) in [6, 6.07) is 7.21. The van der Waals surface area contributed by atoms with Gasteiger partial charge in [0.1, 0.15) is 0 Å². The van der Waals surface area contributed by atoms with Gasteiger partial charge in [0.25, 0.3) is 5.91 Å². The van der Waals surface area contributed by atoms with Crippen LogP contribution >= 0.6 is 0 Å². The van der Waals surface area contributed by atoms with Crippen LogP contribution in [0.5, 0.6) is 0 Å². The minimum absolute atomic E-state index is 0.00264. The highest BCUT2D eigenvalue weighted by Gasteiger charge is 2.21. The predicted molar refractivity (Wildman–Crippen MR) is 113 cm³/mol. The molecule has 1 aliphatic rings. The van der Waals surface area contributed by atoms with Crippen molar-refractivity contribution in [3.63, 3.8) is 0 Å². The number of carbonyl (C=O) groups excluding carboxylic acids is 3. The quantitative estimate of drug-likeness (QED) is 0.746. The Labute approximate surface area is 173 Å². The Kier molecular flexibility index (Phi) is 8.45. The zero-order chi connectivity index (χ0) is 21.4. The fraction of sp³-hybridized carbons (Fsp3) is 0.571. The second kappa shape index (κ2) is 10.8. The van der Waals surface area contributed by atoms with Crippen LogP contribution in [0.25, 0.3) is 0 Å². The zero-order valence-corrected chi connectivity index (χ0v) is 17.9. The van der Waals surface area contributed by atoms with Crippen molar-refractivity contribution >= 4 is 17.8 Å². The standard InChI is InChI=1S/C21H33N5O3/c1-16(2)23-21(29)22-14-17-6-8-18(9-7-17)20(28)26-11-5-10-25(12-13-26)15-19(27)24(3)4/h6-9,16H,5,10-15H2,1-4H3,(H2,22,23,29). The lowest BCUT2D eigenvalue weighted by molar-refractivity contribution is -0.129. The molecule has 0 spiro atoms. The number of amides is 4. The second-order valence-corrected chi connectivity index (χ2v) is 7.89. The van der Waals surface area contributed by atoms with Gasteiger partial charge in [0.05, 0.1) is 6.54 Å². The van der Waals surface area contributed by atoms with E-state index < -0.39 is 0 Å². The molecule has 0 bridgehead atoms. The average molecular weight is 404 g/mol. The van der Waals surface area contributed by atoms with Crippen molar-refractivity contribution in [2.24, 2.45) is 0 Å². The number of rotatable bonds is 6. The van der Waals surface area contributed by atoms with E-state index in [2.05, 4.69) is 15.5 Å². The predicted octanol–water partition coefficient (Wildman–Crippen LogP) is 1.13. The third-order valence-electron chi connectivity index (χ3n) is 4.81. The van der Waals surface area contributed by atoms with Gasteiger partial charge in [0, 0.05) is 58.4 Å². The summed E-state index contributed by atoms with van der Waals surface area (Å²) in [5, 5.41) is 5.57. The van der Waals surface area contributed by atoms with E-state index in [9.17, 15) is 14.4 Å². The molecule has 1 aliphatic heterocycles. The van der Waals surface area contributed by atoms with Gasteiger partial charge < -0.3 is 20.4 Å². The van der Waals surface area contributed by atoms with E-state index in [1.807, 2.05) is 30.9 Å². The van der Waals surface area contributed by atoms with Gasteiger partial charge in [-0.3, -0.25) is 14.5 Å². The van der Waals surface area contributed by atoms with Crippen molar-refractivity contribution in [1.82, 2.24) is 25.3 Å². The van der Waals surface area contributed by atoms with Gasteiger partial charge in [0.15, 0.2) is 0 Å². The Morgan fingerprint density at radius 1 is 1.03 bits per heavy atom. The molecule has 1 aromatic carbocycles. The van der Waals surface area contributed by atoms with Gasteiger partial charge >= 0.3 is 6.03 Å². The molecule has 1 heterocycles. The van der Waals surface area contributed by atoms with Crippen molar-refractivity contribution in [2.75, 3.05) is 46.8 Å². The molecule has 0 atom stereocenters. The molecule has 0 radical (unpaired) electrons. The Hall–Kier alpha value is -2.61. The first-order chi connectivity index (χ1) is 13.8. The van der Waals surface area contributed by atoms with Crippen LogP contribution in [0.4, 0.5) is 4.79 Å². The fourth-order valence-corrected chi connectivity index (χ4v) is 3.11. The van der Waals surface area contributed by atoms with Crippen molar-refractivity contribution in [2.45, 2.75) is 32.9 Å². The van der Waals surface area contributed by atoms with Crippen molar-refractivity contribution < 1.29 is 14.4 Å². The molecule has 0 saturated carbocycles. The SMILES string of the molecule is CC(C)NC(=O)NCc1ccc(C(=O)N2CCCN(CC(=O)N(C)C)CC2)cc1. The minimum Gasteiger partial charge on any atom is -0.348 e. The third-order valence-corrected chi connectivity index (χ3v) is 4.81. The van der Waals surface area contributed by atoms with E-state index in [-0.39, 0.29) is 23.9 Å². The zero-order valence-electron chi connectivity index (χ0n) is 17.9. The highest BCUT2D eigenvalue weighted by Crippen LogP contribution is 2.11. The van der Waals surface area contributed by atoms with Crippen LogP contribution in [0.15, 0.2) is 24.3 Å². The Bertz CT molecular complexity index is 703. The van der Waals surface area contributed by atoms with Crippen LogP contribution < -0.4 is 10.6 Å². The van der Waals surface area contributed by atoms with Crippen LogP contribution in [-0.2, 0) is 11.3 Å². The first-order valence-corrected chi connectivity index (χ1v) is 10.1. The van der Waals surface area contributed by atoms with Gasteiger partial charge in [-0.1, -0.05) is 12.1 Å². The number of nitrogens with one attached hydrogen (secondary N) is 2. The number of benzene rings is 1. The summed E-state index contributed by atoms with van der Waals surface area (Å²) < 4.78 is 0. The average Bonchev–Trinajstić information content (AvgIpc) is 2.91. The van der Waals surface area contributed by atoms with E-state index in [1.54, 1.807) is 31.1 Å².